The minimum atomic E-state index is -0.446. The Balaban J connectivity index is 2.85. The molecule has 1 rings (SSSR count). The highest BCUT2D eigenvalue weighted by molar-refractivity contribution is 5.52. The van der Waals surface area contributed by atoms with Gasteiger partial charge in [-0.2, -0.15) is 0 Å². The first kappa shape index (κ1) is 11.5. The quantitative estimate of drug-likeness (QED) is 0.469. The van der Waals surface area contributed by atoms with E-state index in [1.165, 1.54) is 18.2 Å². The Hall–Kier alpha value is -1.62. The average Bonchev–Trinajstić information content (AvgIpc) is 2.16. The summed E-state index contributed by atoms with van der Waals surface area (Å²) in [5, 5.41) is 10.5. The SMILES string of the molecule is CC(C)OCc1cc([N+](=O)[O-])ccc1N. The molecular weight excluding hydrogens is 196 g/mol. The predicted octanol–water partition coefficient (Wildman–Crippen LogP) is 2.10. The molecule has 0 unspecified atom stereocenters. The average molecular weight is 210 g/mol. The first-order chi connectivity index (χ1) is 7.00. The largest absolute Gasteiger partial charge is 0.398 e. The minimum Gasteiger partial charge on any atom is -0.398 e. The normalized spacial score (nSPS) is 10.6. The third-order valence-corrected chi connectivity index (χ3v) is 1.91. The zero-order chi connectivity index (χ0) is 11.4. The molecule has 0 fully saturated rings. The number of nitrogen functional groups attached to an aromatic ring is 1. The van der Waals surface area contributed by atoms with Crippen LogP contribution in [0.5, 0.6) is 0 Å². The van der Waals surface area contributed by atoms with Crippen LogP contribution in [0.3, 0.4) is 0 Å². The van der Waals surface area contributed by atoms with E-state index in [0.717, 1.165) is 0 Å². The van der Waals surface area contributed by atoms with Crippen molar-refractivity contribution in [2.45, 2.75) is 26.6 Å². The van der Waals surface area contributed by atoms with Crippen LogP contribution in [0.25, 0.3) is 0 Å². The van der Waals surface area contributed by atoms with E-state index in [1.54, 1.807) is 0 Å². The van der Waals surface area contributed by atoms with Gasteiger partial charge in [0.05, 0.1) is 17.6 Å². The third kappa shape index (κ3) is 3.21. The lowest BCUT2D eigenvalue weighted by Crippen LogP contribution is -2.05. The van der Waals surface area contributed by atoms with Crippen molar-refractivity contribution in [2.24, 2.45) is 0 Å². The van der Waals surface area contributed by atoms with E-state index in [4.69, 9.17) is 10.5 Å². The number of ether oxygens (including phenoxy) is 1. The van der Waals surface area contributed by atoms with E-state index >= 15 is 0 Å². The summed E-state index contributed by atoms with van der Waals surface area (Å²) >= 11 is 0. The summed E-state index contributed by atoms with van der Waals surface area (Å²) in [6, 6.07) is 4.35. The molecule has 0 aliphatic carbocycles. The summed E-state index contributed by atoms with van der Waals surface area (Å²) in [5.74, 6) is 0. The van der Waals surface area contributed by atoms with Crippen LogP contribution in [0.15, 0.2) is 18.2 Å². The maximum Gasteiger partial charge on any atom is 0.269 e. The number of hydrogen-bond acceptors (Lipinski definition) is 4. The Bertz CT molecular complexity index is 364. The number of nitro benzene ring substituents is 1. The molecule has 1 aromatic rings. The van der Waals surface area contributed by atoms with E-state index in [2.05, 4.69) is 0 Å². The van der Waals surface area contributed by atoms with Crippen LogP contribution in [0.1, 0.15) is 19.4 Å². The monoisotopic (exact) mass is 210 g/mol. The van der Waals surface area contributed by atoms with E-state index in [1.807, 2.05) is 13.8 Å². The highest BCUT2D eigenvalue weighted by Gasteiger charge is 2.09. The Labute approximate surface area is 88.0 Å². The van der Waals surface area contributed by atoms with Crippen molar-refractivity contribution < 1.29 is 9.66 Å². The van der Waals surface area contributed by atoms with Crippen LogP contribution >= 0.6 is 0 Å². The molecule has 0 atom stereocenters. The highest BCUT2D eigenvalue weighted by atomic mass is 16.6. The number of rotatable bonds is 4. The van der Waals surface area contributed by atoms with Gasteiger partial charge in [-0.15, -0.1) is 0 Å². The van der Waals surface area contributed by atoms with Crippen molar-refractivity contribution in [3.63, 3.8) is 0 Å². The van der Waals surface area contributed by atoms with Crippen molar-refractivity contribution in [1.82, 2.24) is 0 Å². The molecular formula is C10H14N2O3. The third-order valence-electron chi connectivity index (χ3n) is 1.91. The summed E-state index contributed by atoms with van der Waals surface area (Å²) in [7, 11) is 0. The minimum absolute atomic E-state index is 0.0338. The topological polar surface area (TPSA) is 78.4 Å². The molecule has 0 amide bonds. The lowest BCUT2D eigenvalue weighted by atomic mass is 10.1. The molecule has 0 heterocycles. The summed E-state index contributed by atoms with van der Waals surface area (Å²) in [4.78, 5) is 10.1. The van der Waals surface area contributed by atoms with Crippen molar-refractivity contribution in [1.29, 1.82) is 0 Å². The standard InChI is InChI=1S/C10H14N2O3/c1-7(2)15-6-8-5-9(12(13)14)3-4-10(8)11/h3-5,7H,6,11H2,1-2H3. The Morgan fingerprint density at radius 1 is 1.53 bits per heavy atom. The molecule has 0 saturated carbocycles. The van der Waals surface area contributed by atoms with Gasteiger partial charge in [-0.05, 0) is 19.9 Å². The second-order valence-corrected chi connectivity index (χ2v) is 3.50. The van der Waals surface area contributed by atoms with Gasteiger partial charge in [0, 0.05) is 23.4 Å². The van der Waals surface area contributed by atoms with Gasteiger partial charge in [0.15, 0.2) is 0 Å². The van der Waals surface area contributed by atoms with Gasteiger partial charge in [0.2, 0.25) is 0 Å². The number of nitrogens with zero attached hydrogens (tertiary/aromatic N) is 1. The van der Waals surface area contributed by atoms with Gasteiger partial charge in [0.1, 0.15) is 0 Å². The van der Waals surface area contributed by atoms with E-state index in [9.17, 15) is 10.1 Å². The fourth-order valence-electron chi connectivity index (χ4n) is 1.09. The van der Waals surface area contributed by atoms with Crippen LogP contribution in [0.2, 0.25) is 0 Å². The maximum absolute atomic E-state index is 10.5. The Morgan fingerprint density at radius 3 is 2.73 bits per heavy atom. The molecule has 15 heavy (non-hydrogen) atoms. The molecule has 5 heteroatoms. The zero-order valence-electron chi connectivity index (χ0n) is 8.77. The number of nitrogens with two attached hydrogens (primary N) is 1. The summed E-state index contributed by atoms with van der Waals surface area (Å²) in [6.45, 7) is 4.09. The lowest BCUT2D eigenvalue weighted by molar-refractivity contribution is -0.384. The molecule has 1 aromatic carbocycles. The number of anilines is 1. The van der Waals surface area contributed by atoms with E-state index < -0.39 is 4.92 Å². The van der Waals surface area contributed by atoms with Crippen molar-refractivity contribution >= 4 is 11.4 Å². The van der Waals surface area contributed by atoms with Gasteiger partial charge >= 0.3 is 0 Å². The first-order valence-electron chi connectivity index (χ1n) is 4.65. The summed E-state index contributed by atoms with van der Waals surface area (Å²) in [5.41, 5.74) is 6.87. The van der Waals surface area contributed by atoms with Crippen molar-refractivity contribution in [3.8, 4) is 0 Å². The molecule has 0 saturated heterocycles. The number of nitro groups is 1. The van der Waals surface area contributed by atoms with Crippen LogP contribution in [0.4, 0.5) is 11.4 Å². The lowest BCUT2D eigenvalue weighted by Gasteiger charge is -2.09. The molecule has 82 valence electrons. The second kappa shape index (κ2) is 4.75. The van der Waals surface area contributed by atoms with Crippen molar-refractivity contribution in [3.05, 3.63) is 33.9 Å². The highest BCUT2D eigenvalue weighted by Crippen LogP contribution is 2.20. The fourth-order valence-corrected chi connectivity index (χ4v) is 1.09. The molecule has 5 nitrogen and oxygen atoms in total. The first-order valence-corrected chi connectivity index (χ1v) is 4.65. The molecule has 0 aliphatic rings. The van der Waals surface area contributed by atoms with E-state index in [-0.39, 0.29) is 11.8 Å². The maximum atomic E-state index is 10.5. The number of benzene rings is 1. The number of non-ortho nitro benzene ring substituents is 1. The zero-order valence-corrected chi connectivity index (χ0v) is 8.77. The van der Waals surface area contributed by atoms with Gasteiger partial charge in [-0.1, -0.05) is 0 Å². The molecule has 0 bridgehead atoms. The predicted molar refractivity (Wildman–Crippen MR) is 57.4 cm³/mol. The van der Waals surface area contributed by atoms with Crippen LogP contribution < -0.4 is 5.73 Å². The van der Waals surface area contributed by atoms with Gasteiger partial charge in [-0.25, -0.2) is 0 Å². The van der Waals surface area contributed by atoms with Gasteiger partial charge in [-0.3, -0.25) is 10.1 Å². The van der Waals surface area contributed by atoms with Crippen LogP contribution in [-0.4, -0.2) is 11.0 Å². The smallest absolute Gasteiger partial charge is 0.269 e. The van der Waals surface area contributed by atoms with Crippen molar-refractivity contribution in [2.75, 3.05) is 5.73 Å². The Morgan fingerprint density at radius 2 is 2.20 bits per heavy atom. The van der Waals surface area contributed by atoms with Crippen LogP contribution in [0, 0.1) is 10.1 Å². The molecule has 0 aliphatic heterocycles. The molecule has 0 radical (unpaired) electrons. The fraction of sp³-hybridized carbons (Fsp3) is 0.400. The Kier molecular flexibility index (Phi) is 3.62. The van der Waals surface area contributed by atoms with Crippen LogP contribution in [-0.2, 0) is 11.3 Å². The van der Waals surface area contributed by atoms with E-state index in [0.29, 0.717) is 17.9 Å². The summed E-state index contributed by atoms with van der Waals surface area (Å²) in [6.07, 6.45) is 0.0728. The molecule has 0 spiro atoms. The second-order valence-electron chi connectivity index (χ2n) is 3.50. The molecule has 0 aromatic heterocycles. The molecule has 2 N–H and O–H groups in total. The van der Waals surface area contributed by atoms with Gasteiger partial charge in [0.25, 0.3) is 5.69 Å². The summed E-state index contributed by atoms with van der Waals surface area (Å²) < 4.78 is 5.34. The number of hydrogen-bond donors (Lipinski definition) is 1. The van der Waals surface area contributed by atoms with Gasteiger partial charge < -0.3 is 10.5 Å².